The van der Waals surface area contributed by atoms with Crippen LogP contribution in [0.5, 0.6) is 0 Å². The Morgan fingerprint density at radius 1 is 1.10 bits per heavy atom. The molecule has 1 saturated heterocycles. The number of hydrogen-bond acceptors (Lipinski definition) is 5. The normalized spacial score (nSPS) is 15.4. The quantitative estimate of drug-likeness (QED) is 0.725. The van der Waals surface area contributed by atoms with Crippen molar-refractivity contribution in [1.29, 1.82) is 0 Å². The summed E-state index contributed by atoms with van der Waals surface area (Å²) < 4.78 is 0. The van der Waals surface area contributed by atoms with Crippen LogP contribution in [0.4, 0.5) is 5.69 Å². The number of nitrogens with one attached hydrogen (secondary N) is 1. The van der Waals surface area contributed by atoms with E-state index in [1.54, 1.807) is 12.3 Å². The molecule has 0 spiro atoms. The number of pyridine rings is 1. The van der Waals surface area contributed by atoms with Gasteiger partial charge >= 0.3 is 0 Å². The van der Waals surface area contributed by atoms with Crippen molar-refractivity contribution >= 4 is 5.69 Å². The molecule has 0 unspecified atom stereocenters. The van der Waals surface area contributed by atoms with Crippen molar-refractivity contribution in [2.45, 2.75) is 25.3 Å². The second-order valence-corrected chi connectivity index (χ2v) is 7.85. The van der Waals surface area contributed by atoms with Gasteiger partial charge in [-0.05, 0) is 55.8 Å². The summed E-state index contributed by atoms with van der Waals surface area (Å²) in [6, 6.07) is 16.0. The molecule has 29 heavy (non-hydrogen) atoms. The Kier molecular flexibility index (Phi) is 5.71. The van der Waals surface area contributed by atoms with Gasteiger partial charge in [0.05, 0.1) is 5.69 Å². The summed E-state index contributed by atoms with van der Waals surface area (Å²) >= 11 is 0. The van der Waals surface area contributed by atoms with Crippen LogP contribution in [-0.2, 0) is 6.54 Å². The maximum absolute atomic E-state index is 12.2. The van der Waals surface area contributed by atoms with Crippen LogP contribution in [0.1, 0.15) is 30.0 Å². The molecule has 1 aliphatic rings. The molecule has 4 rings (SSSR count). The first-order valence-corrected chi connectivity index (χ1v) is 10.1. The summed E-state index contributed by atoms with van der Waals surface area (Å²) in [5.41, 5.74) is 4.02. The van der Waals surface area contributed by atoms with E-state index in [-0.39, 0.29) is 5.56 Å². The van der Waals surface area contributed by atoms with Crippen LogP contribution >= 0.6 is 0 Å². The Labute approximate surface area is 171 Å². The van der Waals surface area contributed by atoms with Gasteiger partial charge in [-0.25, -0.2) is 4.98 Å². The fourth-order valence-electron chi connectivity index (χ4n) is 3.85. The van der Waals surface area contributed by atoms with E-state index in [2.05, 4.69) is 58.1 Å². The lowest BCUT2D eigenvalue weighted by atomic mass is 9.93. The van der Waals surface area contributed by atoms with Gasteiger partial charge in [-0.3, -0.25) is 14.7 Å². The minimum absolute atomic E-state index is 0.112. The zero-order chi connectivity index (χ0) is 20.2. The van der Waals surface area contributed by atoms with E-state index in [4.69, 9.17) is 4.98 Å². The lowest BCUT2D eigenvalue weighted by Gasteiger charge is -2.31. The summed E-state index contributed by atoms with van der Waals surface area (Å²) in [5.74, 6) is 0.864. The van der Waals surface area contributed by atoms with Crippen LogP contribution in [0.3, 0.4) is 0 Å². The maximum Gasteiger partial charge on any atom is 0.251 e. The monoisotopic (exact) mass is 389 g/mol. The van der Waals surface area contributed by atoms with Gasteiger partial charge in [0, 0.05) is 44.5 Å². The highest BCUT2D eigenvalue weighted by Crippen LogP contribution is 2.28. The third kappa shape index (κ3) is 4.71. The minimum atomic E-state index is -0.112. The molecule has 0 aliphatic carbocycles. The Bertz CT molecular complexity index is 990. The van der Waals surface area contributed by atoms with Crippen molar-refractivity contribution in [3.63, 3.8) is 0 Å². The number of piperidine rings is 1. The summed E-state index contributed by atoms with van der Waals surface area (Å²) in [7, 11) is 4.11. The van der Waals surface area contributed by atoms with Crippen molar-refractivity contribution in [3.8, 4) is 11.5 Å². The van der Waals surface area contributed by atoms with Crippen LogP contribution in [-0.4, -0.2) is 47.0 Å². The van der Waals surface area contributed by atoms with E-state index in [0.717, 1.165) is 38.2 Å². The molecule has 0 saturated carbocycles. The molecule has 3 heterocycles. The predicted octanol–water partition coefficient (Wildman–Crippen LogP) is 3.28. The van der Waals surface area contributed by atoms with Crippen LogP contribution in [0, 0.1) is 0 Å². The van der Waals surface area contributed by atoms with Gasteiger partial charge in [0.25, 0.3) is 5.56 Å². The molecule has 2 aromatic heterocycles. The second-order valence-electron chi connectivity index (χ2n) is 7.85. The molecular weight excluding hydrogens is 362 g/mol. The summed E-state index contributed by atoms with van der Waals surface area (Å²) in [6.45, 7) is 2.98. The number of rotatable bonds is 5. The van der Waals surface area contributed by atoms with Crippen LogP contribution < -0.4 is 10.5 Å². The number of anilines is 1. The largest absolute Gasteiger partial charge is 0.378 e. The van der Waals surface area contributed by atoms with Gasteiger partial charge in [-0.2, -0.15) is 0 Å². The Balaban J connectivity index is 1.41. The SMILES string of the molecule is CN(C)c1ccc(CN2CCC(c3cc(=O)[nH]c(-c4ccccn4)n3)CC2)cc1. The summed E-state index contributed by atoms with van der Waals surface area (Å²) in [6.07, 6.45) is 3.73. The standard InChI is InChI=1S/C23H27N5O/c1-27(2)19-8-6-17(7-9-19)16-28-13-10-18(11-14-28)21-15-22(29)26-23(25-21)20-5-3-4-12-24-20/h3-9,12,15,18H,10-11,13-14,16H2,1-2H3,(H,25,26,29). The number of hydrogen-bond donors (Lipinski definition) is 1. The molecule has 3 aromatic rings. The van der Waals surface area contributed by atoms with E-state index >= 15 is 0 Å². The minimum Gasteiger partial charge on any atom is -0.378 e. The Morgan fingerprint density at radius 2 is 1.86 bits per heavy atom. The lowest BCUT2D eigenvalue weighted by molar-refractivity contribution is 0.203. The van der Waals surface area contributed by atoms with Gasteiger partial charge in [0.2, 0.25) is 0 Å². The van der Waals surface area contributed by atoms with Crippen LogP contribution in [0.15, 0.2) is 59.5 Å². The smallest absolute Gasteiger partial charge is 0.251 e. The van der Waals surface area contributed by atoms with E-state index in [1.807, 2.05) is 18.2 Å². The summed E-state index contributed by atoms with van der Waals surface area (Å²) in [5, 5.41) is 0. The number of aromatic nitrogens is 3. The topological polar surface area (TPSA) is 65.1 Å². The molecule has 6 nitrogen and oxygen atoms in total. The van der Waals surface area contributed by atoms with Crippen molar-refractivity contribution in [2.24, 2.45) is 0 Å². The maximum atomic E-state index is 12.2. The van der Waals surface area contributed by atoms with Crippen LogP contribution in [0.25, 0.3) is 11.5 Å². The molecular formula is C23H27N5O. The highest BCUT2D eigenvalue weighted by Gasteiger charge is 2.22. The first-order valence-electron chi connectivity index (χ1n) is 10.1. The van der Waals surface area contributed by atoms with Crippen molar-refractivity contribution in [3.05, 3.63) is 76.3 Å². The molecule has 0 bridgehead atoms. The first kappa shape index (κ1) is 19.3. The van der Waals surface area contributed by atoms with Gasteiger partial charge in [0.15, 0.2) is 5.82 Å². The Morgan fingerprint density at radius 3 is 2.52 bits per heavy atom. The van der Waals surface area contributed by atoms with Gasteiger partial charge in [-0.15, -0.1) is 0 Å². The molecule has 0 radical (unpaired) electrons. The zero-order valence-electron chi connectivity index (χ0n) is 17.0. The van der Waals surface area contributed by atoms with Crippen molar-refractivity contribution < 1.29 is 0 Å². The van der Waals surface area contributed by atoms with Crippen molar-refractivity contribution in [2.75, 3.05) is 32.1 Å². The van der Waals surface area contributed by atoms with Gasteiger partial charge in [-0.1, -0.05) is 18.2 Å². The number of likely N-dealkylation sites (tertiary alicyclic amines) is 1. The second kappa shape index (κ2) is 8.57. The van der Waals surface area contributed by atoms with Gasteiger partial charge in [0.1, 0.15) is 5.69 Å². The summed E-state index contributed by atoms with van der Waals surface area (Å²) in [4.78, 5) is 28.6. The van der Waals surface area contributed by atoms with Gasteiger partial charge < -0.3 is 9.88 Å². The molecule has 1 fully saturated rings. The lowest BCUT2D eigenvalue weighted by Crippen LogP contribution is -2.33. The molecule has 1 aromatic carbocycles. The number of H-pyrrole nitrogens is 1. The Hall–Kier alpha value is -2.99. The third-order valence-electron chi connectivity index (χ3n) is 5.53. The van der Waals surface area contributed by atoms with E-state index < -0.39 is 0 Å². The molecule has 0 amide bonds. The number of benzene rings is 1. The zero-order valence-corrected chi connectivity index (χ0v) is 17.0. The van der Waals surface area contributed by atoms with E-state index in [9.17, 15) is 4.79 Å². The predicted molar refractivity (Wildman–Crippen MR) is 116 cm³/mol. The molecule has 1 aliphatic heterocycles. The fraction of sp³-hybridized carbons (Fsp3) is 0.348. The molecule has 150 valence electrons. The van der Waals surface area contributed by atoms with E-state index in [0.29, 0.717) is 17.4 Å². The third-order valence-corrected chi connectivity index (χ3v) is 5.53. The van der Waals surface area contributed by atoms with Crippen LogP contribution in [0.2, 0.25) is 0 Å². The average molecular weight is 390 g/mol. The fourth-order valence-corrected chi connectivity index (χ4v) is 3.85. The first-order chi connectivity index (χ1) is 14.1. The molecule has 0 atom stereocenters. The van der Waals surface area contributed by atoms with E-state index in [1.165, 1.54) is 11.3 Å². The highest BCUT2D eigenvalue weighted by molar-refractivity contribution is 5.48. The average Bonchev–Trinajstić information content (AvgIpc) is 2.75. The van der Waals surface area contributed by atoms with Crippen molar-refractivity contribution in [1.82, 2.24) is 19.9 Å². The highest BCUT2D eigenvalue weighted by atomic mass is 16.1. The number of aromatic amines is 1. The number of nitrogens with zero attached hydrogens (tertiary/aromatic N) is 4. The molecule has 1 N–H and O–H groups in total. The molecule has 6 heteroatoms.